The molecule has 0 aliphatic rings. The van der Waals surface area contributed by atoms with Gasteiger partial charge < -0.3 is 16.0 Å². The van der Waals surface area contributed by atoms with Crippen LogP contribution in [-0.2, 0) is 6.18 Å². The summed E-state index contributed by atoms with van der Waals surface area (Å²) in [6, 6.07) is 5.30. The van der Waals surface area contributed by atoms with Crippen molar-refractivity contribution in [2.24, 2.45) is 0 Å². The zero-order valence-electron chi connectivity index (χ0n) is 14.4. The molecule has 0 unspecified atom stereocenters. The maximum Gasteiger partial charge on any atom is 0.418 e. The van der Waals surface area contributed by atoms with Gasteiger partial charge in [0.15, 0.2) is 0 Å². The smallest absolute Gasteiger partial charge is 0.352 e. The highest BCUT2D eigenvalue weighted by Crippen LogP contribution is 2.35. The van der Waals surface area contributed by atoms with Gasteiger partial charge in [0.1, 0.15) is 0 Å². The van der Waals surface area contributed by atoms with Crippen molar-refractivity contribution in [3.63, 3.8) is 0 Å². The minimum Gasteiger partial charge on any atom is -0.352 e. The number of hydrogen-bond acceptors (Lipinski definition) is 6. The highest BCUT2D eigenvalue weighted by Gasteiger charge is 2.33. The Hall–Kier alpha value is -2.58. The first-order valence-electron chi connectivity index (χ1n) is 7.87. The zero-order valence-corrected chi connectivity index (χ0v) is 14.4. The summed E-state index contributed by atoms with van der Waals surface area (Å²) in [5.74, 6) is 0.582. The van der Waals surface area contributed by atoms with Gasteiger partial charge in [0.2, 0.25) is 17.8 Å². The molecular weight excluding hydrogens is 333 g/mol. The van der Waals surface area contributed by atoms with Crippen LogP contribution in [0.25, 0.3) is 0 Å². The maximum atomic E-state index is 13.1. The van der Waals surface area contributed by atoms with E-state index in [0.29, 0.717) is 0 Å². The van der Waals surface area contributed by atoms with Crippen molar-refractivity contribution in [2.45, 2.75) is 46.0 Å². The van der Waals surface area contributed by atoms with Crippen LogP contribution in [0.5, 0.6) is 0 Å². The van der Waals surface area contributed by atoms with Crippen molar-refractivity contribution in [3.05, 3.63) is 29.8 Å². The zero-order chi connectivity index (χ0) is 18.6. The first kappa shape index (κ1) is 18.8. The molecule has 0 fully saturated rings. The van der Waals surface area contributed by atoms with Crippen LogP contribution in [0.4, 0.5) is 36.7 Å². The minimum atomic E-state index is -4.48. The van der Waals surface area contributed by atoms with Crippen molar-refractivity contribution in [2.75, 3.05) is 16.0 Å². The lowest BCUT2D eigenvalue weighted by atomic mass is 10.1. The lowest BCUT2D eigenvalue weighted by Crippen LogP contribution is -2.18. The standard InChI is InChI=1S/C16H21F3N6/c1-9(2)20-13-23-14(21-10(3)4)25-15(24-13)22-12-8-6-5-7-11(12)16(17,18)19/h5-10H,1-4H3,(H3,20,21,22,23,24,25). The Bertz CT molecular complexity index is 687. The van der Waals surface area contributed by atoms with Crippen LogP contribution in [0, 0.1) is 0 Å². The summed E-state index contributed by atoms with van der Waals surface area (Å²) >= 11 is 0. The molecule has 0 atom stereocenters. The van der Waals surface area contributed by atoms with Gasteiger partial charge in [-0.2, -0.15) is 28.1 Å². The third-order valence-electron chi connectivity index (χ3n) is 2.95. The summed E-state index contributed by atoms with van der Waals surface area (Å²) < 4.78 is 39.4. The lowest BCUT2D eigenvalue weighted by molar-refractivity contribution is -0.136. The molecule has 2 aromatic rings. The molecule has 25 heavy (non-hydrogen) atoms. The van der Waals surface area contributed by atoms with E-state index in [9.17, 15) is 13.2 Å². The number of anilines is 4. The molecule has 9 heteroatoms. The summed E-state index contributed by atoms with van der Waals surface area (Å²) in [5, 5.41) is 8.69. The number of aromatic nitrogens is 3. The Morgan fingerprint density at radius 3 is 1.76 bits per heavy atom. The normalized spacial score (nSPS) is 11.7. The predicted molar refractivity (Wildman–Crippen MR) is 92.1 cm³/mol. The fourth-order valence-electron chi connectivity index (χ4n) is 2.04. The number of benzene rings is 1. The Morgan fingerprint density at radius 2 is 1.28 bits per heavy atom. The molecule has 1 aromatic carbocycles. The highest BCUT2D eigenvalue weighted by atomic mass is 19.4. The van der Waals surface area contributed by atoms with E-state index >= 15 is 0 Å². The molecule has 1 aromatic heterocycles. The number of nitrogens with one attached hydrogen (secondary N) is 3. The van der Waals surface area contributed by atoms with Crippen LogP contribution >= 0.6 is 0 Å². The molecule has 0 aliphatic carbocycles. The summed E-state index contributed by atoms with van der Waals surface area (Å²) in [5.41, 5.74) is -0.903. The molecule has 0 aliphatic heterocycles. The second-order valence-electron chi connectivity index (χ2n) is 6.07. The number of para-hydroxylation sites is 1. The van der Waals surface area contributed by atoms with Crippen LogP contribution in [0.3, 0.4) is 0 Å². The van der Waals surface area contributed by atoms with Gasteiger partial charge in [0, 0.05) is 12.1 Å². The molecule has 136 valence electrons. The van der Waals surface area contributed by atoms with Crippen LogP contribution in [0.15, 0.2) is 24.3 Å². The van der Waals surface area contributed by atoms with Crippen molar-refractivity contribution in [1.82, 2.24) is 15.0 Å². The van der Waals surface area contributed by atoms with Crippen molar-refractivity contribution >= 4 is 23.5 Å². The molecule has 0 radical (unpaired) electrons. The summed E-state index contributed by atoms with van der Waals surface area (Å²) in [6.45, 7) is 7.63. The fourth-order valence-corrected chi connectivity index (χ4v) is 2.04. The van der Waals surface area contributed by atoms with Gasteiger partial charge in [0.25, 0.3) is 0 Å². The first-order valence-corrected chi connectivity index (χ1v) is 7.87. The van der Waals surface area contributed by atoms with E-state index in [4.69, 9.17) is 0 Å². The van der Waals surface area contributed by atoms with Gasteiger partial charge in [-0.25, -0.2) is 0 Å². The molecular formula is C16H21F3N6. The van der Waals surface area contributed by atoms with Crippen LogP contribution in [0.2, 0.25) is 0 Å². The number of halogens is 3. The monoisotopic (exact) mass is 354 g/mol. The summed E-state index contributed by atoms with van der Waals surface area (Å²) in [4.78, 5) is 12.5. The third kappa shape index (κ3) is 5.47. The topological polar surface area (TPSA) is 74.8 Å². The van der Waals surface area contributed by atoms with E-state index in [1.165, 1.54) is 18.2 Å². The highest BCUT2D eigenvalue weighted by molar-refractivity contribution is 5.60. The van der Waals surface area contributed by atoms with Gasteiger partial charge in [-0.1, -0.05) is 12.1 Å². The Labute approximate surface area is 144 Å². The van der Waals surface area contributed by atoms with Crippen molar-refractivity contribution in [3.8, 4) is 0 Å². The third-order valence-corrected chi connectivity index (χ3v) is 2.95. The molecule has 0 amide bonds. The molecule has 0 saturated heterocycles. The summed E-state index contributed by atoms with van der Waals surface area (Å²) in [7, 11) is 0. The van der Waals surface area contributed by atoms with Gasteiger partial charge in [-0.05, 0) is 39.8 Å². The van der Waals surface area contributed by atoms with E-state index in [1.807, 2.05) is 27.7 Å². The molecule has 3 N–H and O–H groups in total. The summed E-state index contributed by atoms with van der Waals surface area (Å²) in [6.07, 6.45) is -4.48. The van der Waals surface area contributed by atoms with Crippen LogP contribution in [0.1, 0.15) is 33.3 Å². The fraction of sp³-hybridized carbons (Fsp3) is 0.438. The second kappa shape index (κ2) is 7.54. The van der Waals surface area contributed by atoms with E-state index < -0.39 is 11.7 Å². The van der Waals surface area contributed by atoms with Gasteiger partial charge in [0.05, 0.1) is 11.3 Å². The van der Waals surface area contributed by atoms with E-state index in [-0.39, 0.29) is 35.6 Å². The molecule has 0 spiro atoms. The number of nitrogens with zero attached hydrogens (tertiary/aromatic N) is 3. The first-order chi connectivity index (χ1) is 11.6. The van der Waals surface area contributed by atoms with E-state index in [0.717, 1.165) is 6.07 Å². The Balaban J connectivity index is 2.38. The van der Waals surface area contributed by atoms with Crippen molar-refractivity contribution in [1.29, 1.82) is 0 Å². The number of rotatable bonds is 6. The largest absolute Gasteiger partial charge is 0.418 e. The second-order valence-corrected chi connectivity index (χ2v) is 6.07. The molecule has 2 rings (SSSR count). The molecule has 0 saturated carbocycles. The molecule has 0 bridgehead atoms. The van der Waals surface area contributed by atoms with Gasteiger partial charge in [-0.15, -0.1) is 0 Å². The predicted octanol–water partition coefficient (Wildman–Crippen LogP) is 4.27. The number of alkyl halides is 3. The maximum absolute atomic E-state index is 13.1. The van der Waals surface area contributed by atoms with Crippen LogP contribution < -0.4 is 16.0 Å². The van der Waals surface area contributed by atoms with E-state index in [2.05, 4.69) is 30.9 Å². The van der Waals surface area contributed by atoms with E-state index in [1.54, 1.807) is 0 Å². The quantitative estimate of drug-likeness (QED) is 0.719. The Morgan fingerprint density at radius 1 is 0.800 bits per heavy atom. The Kier molecular flexibility index (Phi) is 5.66. The average molecular weight is 354 g/mol. The lowest BCUT2D eigenvalue weighted by Gasteiger charge is -2.16. The van der Waals surface area contributed by atoms with Crippen LogP contribution in [-0.4, -0.2) is 27.0 Å². The molecule has 6 nitrogen and oxygen atoms in total. The van der Waals surface area contributed by atoms with Gasteiger partial charge in [-0.3, -0.25) is 0 Å². The number of hydrogen-bond donors (Lipinski definition) is 3. The average Bonchev–Trinajstić information content (AvgIpc) is 2.44. The SMILES string of the molecule is CC(C)Nc1nc(Nc2ccccc2C(F)(F)F)nc(NC(C)C)n1. The minimum absolute atomic E-state index is 0.0259. The van der Waals surface area contributed by atoms with Gasteiger partial charge >= 0.3 is 6.18 Å². The molecule has 1 heterocycles. The van der Waals surface area contributed by atoms with Crippen molar-refractivity contribution < 1.29 is 13.2 Å².